The van der Waals surface area contributed by atoms with Gasteiger partial charge >= 0.3 is 0 Å². The van der Waals surface area contributed by atoms with Crippen LogP contribution in [-0.2, 0) is 4.87 Å². The molecule has 1 aromatic carbocycles. The molecule has 1 aromatic rings. The first kappa shape index (κ1) is 18.2. The van der Waals surface area contributed by atoms with Gasteiger partial charge in [0.15, 0.2) is 0 Å². The zero-order valence-electron chi connectivity index (χ0n) is 11.9. The number of thiocarbonyl (C=S) groups is 1. The fraction of sp³-hybridized carbons (Fsp3) is 0.500. The van der Waals surface area contributed by atoms with Crippen LogP contribution in [0.4, 0.5) is 0 Å². The van der Waals surface area contributed by atoms with Gasteiger partial charge in [-0.15, -0.1) is 0 Å². The molecule has 0 aromatic heterocycles. The normalized spacial score (nSPS) is 28.1. The summed E-state index contributed by atoms with van der Waals surface area (Å²) in [5, 5.41) is 3.95. The minimum atomic E-state index is -0.269. The highest BCUT2D eigenvalue weighted by molar-refractivity contribution is 9.43. The van der Waals surface area contributed by atoms with E-state index >= 15 is 0 Å². The zero-order valence-corrected chi connectivity index (χ0v) is 17.6. The van der Waals surface area contributed by atoms with Crippen LogP contribution >= 0.6 is 73.1 Å². The molecule has 0 unspecified atom stereocenters. The highest BCUT2D eigenvalue weighted by Crippen LogP contribution is 2.62. The molecule has 1 saturated heterocycles. The second kappa shape index (κ2) is 9.17. The zero-order chi connectivity index (χ0) is 15.3. The van der Waals surface area contributed by atoms with Crippen LogP contribution < -0.4 is 5.32 Å². The van der Waals surface area contributed by atoms with Crippen molar-refractivity contribution in [3.05, 3.63) is 35.9 Å². The van der Waals surface area contributed by atoms with Crippen molar-refractivity contribution >= 4 is 77.3 Å². The van der Waals surface area contributed by atoms with Gasteiger partial charge in [-0.2, -0.15) is 0 Å². The van der Waals surface area contributed by atoms with E-state index in [1.54, 1.807) is 30.4 Å². The van der Waals surface area contributed by atoms with E-state index in [-0.39, 0.29) is 4.87 Å². The molecule has 1 saturated carbocycles. The lowest BCUT2D eigenvalue weighted by Crippen LogP contribution is -2.49. The molecule has 1 N–H and O–H groups in total. The van der Waals surface area contributed by atoms with Crippen LogP contribution in [0.25, 0.3) is 0 Å². The maximum atomic E-state index is 5.86. The minimum absolute atomic E-state index is 0.269. The van der Waals surface area contributed by atoms with E-state index in [4.69, 9.17) is 12.2 Å². The first-order chi connectivity index (χ1) is 10.8. The smallest absolute Gasteiger partial charge is 0.144 e. The van der Waals surface area contributed by atoms with E-state index in [0.717, 1.165) is 4.20 Å². The van der Waals surface area contributed by atoms with E-state index in [9.17, 15) is 0 Å². The molecule has 3 rings (SSSR count). The summed E-state index contributed by atoms with van der Waals surface area (Å²) in [6, 6.07) is 11.3. The Labute approximate surface area is 160 Å². The van der Waals surface area contributed by atoms with Crippen molar-refractivity contribution in [1.29, 1.82) is 0 Å². The van der Waals surface area contributed by atoms with Crippen LogP contribution in [0.15, 0.2) is 30.3 Å². The van der Waals surface area contributed by atoms with Gasteiger partial charge in [-0.1, -0.05) is 61.8 Å². The monoisotopic (exact) mass is 423 g/mol. The van der Waals surface area contributed by atoms with Gasteiger partial charge in [0.25, 0.3) is 0 Å². The molecule has 1 heterocycles. The number of benzene rings is 1. The van der Waals surface area contributed by atoms with Crippen molar-refractivity contribution in [3.8, 4) is 0 Å². The fourth-order valence-corrected chi connectivity index (χ4v) is 16.2. The van der Waals surface area contributed by atoms with Gasteiger partial charge < -0.3 is 0 Å². The maximum absolute atomic E-state index is 5.86. The summed E-state index contributed by atoms with van der Waals surface area (Å²) >= 11 is 5.86. The lowest BCUT2D eigenvalue weighted by Gasteiger charge is -2.39. The van der Waals surface area contributed by atoms with E-state index in [1.165, 1.54) is 37.7 Å². The van der Waals surface area contributed by atoms with Gasteiger partial charge in [-0.05, 0) is 79.3 Å². The third-order valence-electron chi connectivity index (χ3n) is 3.83. The molecule has 1 atom stereocenters. The van der Waals surface area contributed by atoms with Gasteiger partial charge in [-0.3, -0.25) is 5.32 Å². The van der Waals surface area contributed by atoms with E-state index in [2.05, 4.69) is 35.6 Å². The minimum Gasteiger partial charge on any atom is -0.291 e. The molecule has 1 aliphatic carbocycles. The predicted octanol–water partition coefficient (Wildman–Crippen LogP) is 7.08. The fourth-order valence-electron chi connectivity index (χ4n) is 2.76. The van der Waals surface area contributed by atoms with Crippen molar-refractivity contribution in [1.82, 2.24) is 5.32 Å². The second-order valence-electron chi connectivity index (χ2n) is 5.25. The van der Waals surface area contributed by atoms with Crippen molar-refractivity contribution in [2.24, 2.45) is 0 Å². The Morgan fingerprint density at radius 3 is 2.45 bits per heavy atom. The highest BCUT2D eigenvalue weighted by atomic mass is 33.9. The molecule has 1 nitrogen and oxygen atoms in total. The van der Waals surface area contributed by atoms with E-state index in [1.807, 2.05) is 30.4 Å². The molecule has 8 heteroatoms. The Kier molecular flexibility index (Phi) is 7.58. The van der Waals surface area contributed by atoms with Crippen LogP contribution in [0.1, 0.15) is 37.7 Å². The standard InChI is InChI=1S/C14H17NS7/c16-13-14(11-7-3-1-4-8-11,18-20-22-21-19-17-13)15-12-9-5-2-6-10-12/h1,3-4,7-8,12,15H,2,5-6,9-10H2/t14-/m0/s1. The number of hydrogen-bond donors (Lipinski definition) is 1. The molecule has 2 aliphatic rings. The van der Waals surface area contributed by atoms with Crippen LogP contribution in [0.2, 0.25) is 0 Å². The Bertz CT molecular complexity index is 491. The van der Waals surface area contributed by atoms with Crippen LogP contribution in [0.3, 0.4) is 0 Å². The summed E-state index contributed by atoms with van der Waals surface area (Å²) in [6.45, 7) is 0. The molecule has 2 fully saturated rings. The summed E-state index contributed by atoms with van der Waals surface area (Å²) in [6.07, 6.45) is 6.57. The third kappa shape index (κ3) is 4.50. The lowest BCUT2D eigenvalue weighted by molar-refractivity contribution is 0.355. The van der Waals surface area contributed by atoms with Crippen LogP contribution in [0, 0.1) is 0 Å². The molecule has 22 heavy (non-hydrogen) atoms. The number of nitrogens with one attached hydrogen (secondary N) is 1. The number of rotatable bonds is 3. The molecule has 0 amide bonds. The van der Waals surface area contributed by atoms with Crippen molar-refractivity contribution in [3.63, 3.8) is 0 Å². The highest BCUT2D eigenvalue weighted by Gasteiger charge is 2.41. The molecular formula is C14H17NS7. The molecule has 0 spiro atoms. The van der Waals surface area contributed by atoms with Crippen molar-refractivity contribution in [2.45, 2.75) is 43.0 Å². The number of hydrogen-bond acceptors (Lipinski definition) is 8. The second-order valence-corrected chi connectivity index (χ2v) is 15.3. The van der Waals surface area contributed by atoms with E-state index < -0.39 is 0 Å². The molecular weight excluding hydrogens is 407 g/mol. The first-order valence-corrected chi connectivity index (χ1v) is 15.1. The van der Waals surface area contributed by atoms with Gasteiger partial charge in [0.05, 0.1) is 4.20 Å². The van der Waals surface area contributed by atoms with Crippen molar-refractivity contribution < 1.29 is 0 Å². The average Bonchev–Trinajstić information content (AvgIpc) is 2.56. The molecule has 120 valence electrons. The van der Waals surface area contributed by atoms with Gasteiger partial charge in [0, 0.05) is 6.04 Å². The van der Waals surface area contributed by atoms with Gasteiger partial charge in [0.2, 0.25) is 0 Å². The van der Waals surface area contributed by atoms with Gasteiger partial charge in [0.1, 0.15) is 4.87 Å². The van der Waals surface area contributed by atoms with Crippen LogP contribution in [0.5, 0.6) is 0 Å². The summed E-state index contributed by atoms with van der Waals surface area (Å²) in [4.78, 5) is -0.269. The van der Waals surface area contributed by atoms with Crippen molar-refractivity contribution in [2.75, 3.05) is 0 Å². The Balaban J connectivity index is 1.90. The molecule has 1 aliphatic heterocycles. The van der Waals surface area contributed by atoms with E-state index in [0.29, 0.717) is 6.04 Å². The Morgan fingerprint density at radius 1 is 0.955 bits per heavy atom. The first-order valence-electron chi connectivity index (χ1n) is 7.21. The Morgan fingerprint density at radius 2 is 1.68 bits per heavy atom. The predicted molar refractivity (Wildman–Crippen MR) is 116 cm³/mol. The topological polar surface area (TPSA) is 12.0 Å². The maximum Gasteiger partial charge on any atom is 0.144 e. The summed E-state index contributed by atoms with van der Waals surface area (Å²) in [5.74, 6) is 0. The SMILES string of the molecule is S=C1SSSSSS[C@@]1(NC1CCCCC1)c1ccccc1. The summed E-state index contributed by atoms with van der Waals surface area (Å²) in [5.41, 5.74) is 1.28. The summed E-state index contributed by atoms with van der Waals surface area (Å²) < 4.78 is 1.04. The quantitative estimate of drug-likeness (QED) is 0.403. The average molecular weight is 424 g/mol. The molecule has 0 radical (unpaired) electrons. The largest absolute Gasteiger partial charge is 0.291 e. The third-order valence-corrected chi connectivity index (χ3v) is 15.9. The lowest BCUT2D eigenvalue weighted by atomic mass is 9.94. The summed E-state index contributed by atoms with van der Waals surface area (Å²) in [7, 11) is 10.8. The molecule has 0 bridgehead atoms. The van der Waals surface area contributed by atoms with Crippen LogP contribution in [-0.4, -0.2) is 10.2 Å². The Hall–Kier alpha value is 1.37. The van der Waals surface area contributed by atoms with Gasteiger partial charge in [-0.25, -0.2) is 0 Å².